The van der Waals surface area contributed by atoms with Gasteiger partial charge in [-0.15, -0.1) is 0 Å². The van der Waals surface area contributed by atoms with Crippen molar-refractivity contribution in [1.29, 1.82) is 0 Å². The van der Waals surface area contributed by atoms with E-state index in [9.17, 15) is 4.79 Å². The van der Waals surface area contributed by atoms with Crippen LogP contribution in [0.2, 0.25) is 0 Å². The van der Waals surface area contributed by atoms with E-state index in [1.54, 1.807) is 13.2 Å². The van der Waals surface area contributed by atoms with Gasteiger partial charge in [0.1, 0.15) is 23.9 Å². The summed E-state index contributed by atoms with van der Waals surface area (Å²) in [6.07, 6.45) is 0. The van der Waals surface area contributed by atoms with Crippen LogP contribution in [0, 0.1) is 13.8 Å². The molecular weight excluding hydrogens is 390 g/mol. The van der Waals surface area contributed by atoms with Gasteiger partial charge in [0.15, 0.2) is 0 Å². The van der Waals surface area contributed by atoms with Crippen LogP contribution in [0.4, 0.5) is 0 Å². The summed E-state index contributed by atoms with van der Waals surface area (Å²) in [5.74, 6) is 2.10. The van der Waals surface area contributed by atoms with Crippen molar-refractivity contribution in [2.45, 2.75) is 33.9 Å². The number of ether oxygens (including phenoxy) is 3. The van der Waals surface area contributed by atoms with Gasteiger partial charge in [0.25, 0.3) is 5.91 Å². The van der Waals surface area contributed by atoms with Crippen LogP contribution in [-0.2, 0) is 13.2 Å². The molecule has 0 aromatic heterocycles. The Kier molecular flexibility index (Phi) is 7.55. The standard InChI is InChI=1S/C26H29NO4/c1-5-30-25-11-10-20(26(28)27-16-21-8-6-7-9-24(21)29-4)15-22(25)17-31-23-13-18(2)12-19(3)14-23/h6-15H,5,16-17H2,1-4H3,(H,27,28). The zero-order chi connectivity index (χ0) is 22.2. The van der Waals surface area contributed by atoms with Gasteiger partial charge in [-0.3, -0.25) is 4.79 Å². The second kappa shape index (κ2) is 10.5. The SMILES string of the molecule is CCOc1ccc(C(=O)NCc2ccccc2OC)cc1COc1cc(C)cc(C)c1. The van der Waals surface area contributed by atoms with Gasteiger partial charge < -0.3 is 19.5 Å². The van der Waals surface area contributed by atoms with Gasteiger partial charge in [-0.05, 0) is 68.3 Å². The van der Waals surface area contributed by atoms with Crippen molar-refractivity contribution in [3.8, 4) is 17.2 Å². The van der Waals surface area contributed by atoms with E-state index in [1.807, 2.05) is 69.3 Å². The maximum atomic E-state index is 12.8. The molecule has 3 aromatic carbocycles. The lowest BCUT2D eigenvalue weighted by Crippen LogP contribution is -2.23. The predicted molar refractivity (Wildman–Crippen MR) is 122 cm³/mol. The van der Waals surface area contributed by atoms with Gasteiger partial charge >= 0.3 is 0 Å². The highest BCUT2D eigenvalue weighted by Gasteiger charge is 2.12. The third-order valence-electron chi connectivity index (χ3n) is 4.84. The third-order valence-corrected chi connectivity index (χ3v) is 4.84. The van der Waals surface area contributed by atoms with E-state index in [4.69, 9.17) is 14.2 Å². The molecule has 0 aliphatic carbocycles. The summed E-state index contributed by atoms with van der Waals surface area (Å²) >= 11 is 0. The van der Waals surface area contributed by atoms with Crippen molar-refractivity contribution in [3.05, 3.63) is 88.5 Å². The summed E-state index contributed by atoms with van der Waals surface area (Å²) < 4.78 is 17.1. The fourth-order valence-electron chi connectivity index (χ4n) is 3.43. The molecule has 0 aliphatic rings. The maximum Gasteiger partial charge on any atom is 0.251 e. The molecule has 1 amide bonds. The highest BCUT2D eigenvalue weighted by atomic mass is 16.5. The number of rotatable bonds is 9. The first-order valence-corrected chi connectivity index (χ1v) is 10.4. The van der Waals surface area contributed by atoms with E-state index in [2.05, 4.69) is 11.4 Å². The summed E-state index contributed by atoms with van der Waals surface area (Å²) in [7, 11) is 1.62. The third kappa shape index (κ3) is 6.01. The highest BCUT2D eigenvalue weighted by molar-refractivity contribution is 5.94. The molecule has 0 atom stereocenters. The lowest BCUT2D eigenvalue weighted by Gasteiger charge is -2.14. The first kappa shape index (κ1) is 22.2. The second-order valence-electron chi connectivity index (χ2n) is 7.36. The minimum absolute atomic E-state index is 0.165. The zero-order valence-corrected chi connectivity index (χ0v) is 18.5. The Morgan fingerprint density at radius 3 is 2.32 bits per heavy atom. The van der Waals surface area contributed by atoms with Gasteiger partial charge in [-0.2, -0.15) is 0 Å². The van der Waals surface area contributed by atoms with Crippen LogP contribution >= 0.6 is 0 Å². The predicted octanol–water partition coefficient (Wildman–Crippen LogP) is 5.22. The molecule has 0 unspecified atom stereocenters. The Morgan fingerprint density at radius 1 is 0.871 bits per heavy atom. The number of hydrogen-bond donors (Lipinski definition) is 1. The van der Waals surface area contributed by atoms with Crippen LogP contribution in [0.1, 0.15) is 39.5 Å². The second-order valence-corrected chi connectivity index (χ2v) is 7.36. The lowest BCUT2D eigenvalue weighted by atomic mass is 10.1. The molecule has 0 heterocycles. The minimum atomic E-state index is -0.165. The highest BCUT2D eigenvalue weighted by Crippen LogP contribution is 2.24. The van der Waals surface area contributed by atoms with Crippen molar-refractivity contribution in [1.82, 2.24) is 5.32 Å². The van der Waals surface area contributed by atoms with Gasteiger partial charge in [-0.1, -0.05) is 24.3 Å². The maximum absolute atomic E-state index is 12.8. The van der Waals surface area contributed by atoms with E-state index in [0.29, 0.717) is 31.1 Å². The number of benzene rings is 3. The van der Waals surface area contributed by atoms with Gasteiger partial charge in [0.2, 0.25) is 0 Å². The molecule has 1 N–H and O–H groups in total. The Bertz CT molecular complexity index is 1030. The van der Waals surface area contributed by atoms with Gasteiger partial charge in [-0.25, -0.2) is 0 Å². The Balaban J connectivity index is 1.74. The number of methoxy groups -OCH3 is 1. The van der Waals surface area contributed by atoms with E-state index in [-0.39, 0.29) is 5.91 Å². The van der Waals surface area contributed by atoms with Gasteiger partial charge in [0, 0.05) is 23.2 Å². The number of amides is 1. The summed E-state index contributed by atoms with van der Waals surface area (Å²) in [6.45, 7) is 7.24. The average molecular weight is 420 g/mol. The number of carbonyl (C=O) groups is 1. The van der Waals surface area contributed by atoms with Crippen molar-refractivity contribution in [3.63, 3.8) is 0 Å². The van der Waals surface area contributed by atoms with Crippen LogP contribution < -0.4 is 19.5 Å². The lowest BCUT2D eigenvalue weighted by molar-refractivity contribution is 0.0950. The first-order chi connectivity index (χ1) is 15.0. The van der Waals surface area contributed by atoms with E-state index in [1.165, 1.54) is 0 Å². The molecule has 5 nitrogen and oxygen atoms in total. The summed E-state index contributed by atoms with van der Waals surface area (Å²) in [5.41, 5.74) is 4.58. The summed E-state index contributed by atoms with van der Waals surface area (Å²) in [4.78, 5) is 12.8. The van der Waals surface area contributed by atoms with Crippen molar-refractivity contribution < 1.29 is 19.0 Å². The van der Waals surface area contributed by atoms with Crippen molar-refractivity contribution >= 4 is 5.91 Å². The quantitative estimate of drug-likeness (QED) is 0.517. The Labute approximate surface area is 184 Å². The molecule has 0 spiro atoms. The van der Waals surface area contributed by atoms with E-state index < -0.39 is 0 Å². The Morgan fingerprint density at radius 2 is 1.61 bits per heavy atom. The molecule has 3 aromatic rings. The largest absolute Gasteiger partial charge is 0.496 e. The van der Waals surface area contributed by atoms with Gasteiger partial charge in [0.05, 0.1) is 13.7 Å². The molecule has 162 valence electrons. The molecule has 3 rings (SSSR count). The normalized spacial score (nSPS) is 10.5. The molecule has 31 heavy (non-hydrogen) atoms. The monoisotopic (exact) mass is 419 g/mol. The first-order valence-electron chi connectivity index (χ1n) is 10.4. The van der Waals surface area contributed by atoms with Crippen LogP contribution in [0.3, 0.4) is 0 Å². The summed E-state index contributed by atoms with van der Waals surface area (Å²) in [5, 5.41) is 2.96. The smallest absolute Gasteiger partial charge is 0.251 e. The topological polar surface area (TPSA) is 56.8 Å². The molecule has 5 heteroatoms. The molecular formula is C26H29NO4. The molecule has 0 fully saturated rings. The number of hydrogen-bond acceptors (Lipinski definition) is 4. The molecule has 0 saturated carbocycles. The Hall–Kier alpha value is -3.47. The number of carbonyl (C=O) groups excluding carboxylic acids is 1. The van der Waals surface area contributed by atoms with Crippen molar-refractivity contribution in [2.75, 3.05) is 13.7 Å². The molecule has 0 saturated heterocycles. The summed E-state index contributed by atoms with van der Waals surface area (Å²) in [6, 6.07) is 19.1. The fraction of sp³-hybridized carbons (Fsp3) is 0.269. The fourth-order valence-corrected chi connectivity index (χ4v) is 3.43. The molecule has 0 aliphatic heterocycles. The number of aryl methyl sites for hydroxylation is 2. The average Bonchev–Trinajstić information content (AvgIpc) is 2.76. The number of para-hydroxylation sites is 1. The number of nitrogens with one attached hydrogen (secondary N) is 1. The zero-order valence-electron chi connectivity index (χ0n) is 18.5. The van der Waals surface area contributed by atoms with Crippen LogP contribution in [0.15, 0.2) is 60.7 Å². The van der Waals surface area contributed by atoms with E-state index >= 15 is 0 Å². The van der Waals surface area contributed by atoms with Crippen LogP contribution in [0.25, 0.3) is 0 Å². The molecule has 0 radical (unpaired) electrons. The minimum Gasteiger partial charge on any atom is -0.496 e. The van der Waals surface area contributed by atoms with Crippen LogP contribution in [0.5, 0.6) is 17.2 Å². The van der Waals surface area contributed by atoms with E-state index in [0.717, 1.165) is 33.8 Å². The molecule has 0 bridgehead atoms. The van der Waals surface area contributed by atoms with Crippen LogP contribution in [-0.4, -0.2) is 19.6 Å². The van der Waals surface area contributed by atoms with Crippen molar-refractivity contribution in [2.24, 2.45) is 0 Å².